The first-order valence-corrected chi connectivity index (χ1v) is 22.2. The Kier molecular flexibility index (Phi) is 7.09. The second-order valence-corrected chi connectivity index (χ2v) is 19.3. The summed E-state index contributed by atoms with van der Waals surface area (Å²) in [5.74, 6) is 0. The average molecular weight is 791 g/mol. The van der Waals surface area contributed by atoms with Gasteiger partial charge in [0.25, 0.3) is 0 Å². The van der Waals surface area contributed by atoms with Crippen LogP contribution in [-0.4, -0.2) is 0 Å². The van der Waals surface area contributed by atoms with Crippen LogP contribution in [0.15, 0.2) is 170 Å². The minimum Gasteiger partial charge on any atom is -0.0616 e. The van der Waals surface area contributed by atoms with Crippen LogP contribution < -0.4 is 0 Å². The van der Waals surface area contributed by atoms with Crippen LogP contribution in [0.3, 0.4) is 0 Å². The largest absolute Gasteiger partial charge is 0.0616 e. The molecule has 0 heterocycles. The van der Waals surface area contributed by atoms with Crippen LogP contribution in [0, 0.1) is 13.8 Å². The summed E-state index contributed by atoms with van der Waals surface area (Å²) in [7, 11) is 0. The van der Waals surface area contributed by atoms with Crippen molar-refractivity contribution in [2.24, 2.45) is 0 Å². The summed E-state index contributed by atoms with van der Waals surface area (Å²) >= 11 is 0. The van der Waals surface area contributed by atoms with E-state index in [4.69, 9.17) is 0 Å². The van der Waals surface area contributed by atoms with Gasteiger partial charge in [-0.25, -0.2) is 0 Å². The van der Waals surface area contributed by atoms with Gasteiger partial charge in [-0.05, 0) is 193 Å². The summed E-state index contributed by atoms with van der Waals surface area (Å²) in [6.07, 6.45) is 0. The maximum Gasteiger partial charge on any atom is 0.0159 e. The Morgan fingerprint density at radius 2 is 0.516 bits per heavy atom. The molecule has 0 amide bonds. The van der Waals surface area contributed by atoms with Gasteiger partial charge in [0.1, 0.15) is 0 Å². The molecule has 0 heteroatoms. The van der Waals surface area contributed by atoms with E-state index >= 15 is 0 Å². The molecule has 11 aromatic carbocycles. The molecule has 0 aromatic heterocycles. The third kappa shape index (κ3) is 4.68. The van der Waals surface area contributed by atoms with Gasteiger partial charge in [0.15, 0.2) is 0 Å². The van der Waals surface area contributed by atoms with E-state index in [1.807, 2.05) is 0 Å². The molecular formula is C62H46. The zero-order valence-corrected chi connectivity index (χ0v) is 36.2. The number of benzene rings is 11. The van der Waals surface area contributed by atoms with Crippen molar-refractivity contribution >= 4 is 64.6 Å². The van der Waals surface area contributed by atoms with Crippen molar-refractivity contribution in [2.75, 3.05) is 0 Å². The quantitative estimate of drug-likeness (QED) is 0.153. The standard InChI is InChI=1S/C62H46/c1-35-27-50(38-24-26-48-56-32-52-44-20-12-8-16-40(44)42-18-10-14-22-46(42)54(52)34-60(56)62(5,6)58(48)30-38)36(2)28-49(35)37-23-25-47-55-31-51-43-19-11-7-15-39(43)41-17-9-13-21-45(41)53(51)33-59(55)61(3,4)57(47)29-37/h7-34H,1-6H3. The Balaban J connectivity index is 0.902. The lowest BCUT2D eigenvalue weighted by Gasteiger charge is -2.24. The van der Waals surface area contributed by atoms with Crippen molar-refractivity contribution < 1.29 is 0 Å². The summed E-state index contributed by atoms with van der Waals surface area (Å²) in [6, 6.07) is 65.0. The van der Waals surface area contributed by atoms with E-state index in [0.717, 1.165) is 0 Å². The lowest BCUT2D eigenvalue weighted by atomic mass is 9.79. The maximum absolute atomic E-state index is 2.51. The molecule has 0 bridgehead atoms. The van der Waals surface area contributed by atoms with Gasteiger partial charge in [-0.3, -0.25) is 0 Å². The second kappa shape index (κ2) is 12.3. The Hall–Kier alpha value is -7.02. The van der Waals surface area contributed by atoms with Gasteiger partial charge in [-0.1, -0.05) is 161 Å². The van der Waals surface area contributed by atoms with Crippen molar-refractivity contribution in [1.82, 2.24) is 0 Å². The van der Waals surface area contributed by atoms with E-state index < -0.39 is 0 Å². The van der Waals surface area contributed by atoms with Crippen LogP contribution in [0.1, 0.15) is 61.1 Å². The van der Waals surface area contributed by atoms with Gasteiger partial charge >= 0.3 is 0 Å². The molecule has 0 radical (unpaired) electrons. The Bertz CT molecular complexity index is 3560. The molecule has 0 N–H and O–H groups in total. The number of rotatable bonds is 2. The van der Waals surface area contributed by atoms with Crippen LogP contribution in [0.5, 0.6) is 0 Å². The minimum atomic E-state index is -0.134. The first-order chi connectivity index (χ1) is 30.1. The molecule has 13 rings (SSSR count). The molecule has 0 saturated carbocycles. The van der Waals surface area contributed by atoms with Crippen molar-refractivity contribution in [2.45, 2.75) is 52.4 Å². The third-order valence-corrected chi connectivity index (χ3v) is 15.3. The molecule has 0 spiro atoms. The molecule has 0 saturated heterocycles. The van der Waals surface area contributed by atoms with E-state index in [1.165, 1.54) is 143 Å². The summed E-state index contributed by atoms with van der Waals surface area (Å²) in [5, 5.41) is 16.0. The van der Waals surface area contributed by atoms with Gasteiger partial charge in [0.05, 0.1) is 0 Å². The Morgan fingerprint density at radius 1 is 0.242 bits per heavy atom. The highest BCUT2D eigenvalue weighted by Gasteiger charge is 2.38. The minimum absolute atomic E-state index is 0.134. The fraction of sp³-hybridized carbons (Fsp3) is 0.129. The van der Waals surface area contributed by atoms with Gasteiger partial charge < -0.3 is 0 Å². The summed E-state index contributed by atoms with van der Waals surface area (Å²) in [6.45, 7) is 14.2. The SMILES string of the molecule is Cc1cc(-c2ccc3c(c2)C(C)(C)c2cc4c5ccccc5c5ccccc5c4cc2-3)c(C)cc1-c1ccc2c(c1)C(C)(C)c1cc3c4ccccc4c4ccccc4c3cc1-2. The lowest BCUT2D eigenvalue weighted by Crippen LogP contribution is -2.15. The van der Waals surface area contributed by atoms with Crippen molar-refractivity contribution in [1.29, 1.82) is 0 Å². The monoisotopic (exact) mass is 790 g/mol. The van der Waals surface area contributed by atoms with Gasteiger partial charge in [0.2, 0.25) is 0 Å². The van der Waals surface area contributed by atoms with E-state index in [9.17, 15) is 0 Å². The van der Waals surface area contributed by atoms with Crippen molar-refractivity contribution in [3.8, 4) is 44.5 Å². The molecule has 2 aliphatic rings. The molecule has 0 aliphatic heterocycles. The first kappa shape index (κ1) is 35.7. The van der Waals surface area contributed by atoms with Gasteiger partial charge in [0, 0.05) is 10.8 Å². The number of hydrogen-bond acceptors (Lipinski definition) is 0. The highest BCUT2D eigenvalue weighted by molar-refractivity contribution is 6.27. The molecule has 2 aliphatic carbocycles. The van der Waals surface area contributed by atoms with Crippen molar-refractivity contribution in [3.05, 3.63) is 203 Å². The molecule has 0 unspecified atom stereocenters. The molecular weight excluding hydrogens is 745 g/mol. The van der Waals surface area contributed by atoms with Crippen LogP contribution in [0.4, 0.5) is 0 Å². The molecule has 11 aromatic rings. The van der Waals surface area contributed by atoms with Gasteiger partial charge in [-0.2, -0.15) is 0 Å². The highest BCUT2D eigenvalue weighted by Crippen LogP contribution is 2.54. The number of fused-ring (bicyclic) bond motifs is 18. The highest BCUT2D eigenvalue weighted by atomic mass is 14.4. The topological polar surface area (TPSA) is 0 Å². The average Bonchev–Trinajstić information content (AvgIpc) is 3.66. The smallest absolute Gasteiger partial charge is 0.0159 e. The van der Waals surface area contributed by atoms with E-state index in [0.29, 0.717) is 0 Å². The van der Waals surface area contributed by atoms with Crippen LogP contribution in [0.2, 0.25) is 0 Å². The third-order valence-electron chi connectivity index (χ3n) is 15.3. The number of hydrogen-bond donors (Lipinski definition) is 0. The Morgan fingerprint density at radius 3 is 0.839 bits per heavy atom. The summed E-state index contributed by atoms with van der Waals surface area (Å²) < 4.78 is 0. The summed E-state index contributed by atoms with van der Waals surface area (Å²) in [4.78, 5) is 0. The Labute approximate surface area is 363 Å². The first-order valence-electron chi connectivity index (χ1n) is 22.2. The molecule has 0 atom stereocenters. The van der Waals surface area contributed by atoms with Crippen LogP contribution in [-0.2, 0) is 10.8 Å². The normalized spacial score (nSPS) is 14.5. The predicted molar refractivity (Wildman–Crippen MR) is 267 cm³/mol. The molecule has 294 valence electrons. The molecule has 0 fully saturated rings. The lowest BCUT2D eigenvalue weighted by molar-refractivity contribution is 0.661. The number of aryl methyl sites for hydroxylation is 2. The van der Waals surface area contributed by atoms with Crippen LogP contribution in [0.25, 0.3) is 109 Å². The van der Waals surface area contributed by atoms with E-state index in [-0.39, 0.29) is 10.8 Å². The zero-order chi connectivity index (χ0) is 41.8. The second-order valence-electron chi connectivity index (χ2n) is 19.3. The molecule has 62 heavy (non-hydrogen) atoms. The van der Waals surface area contributed by atoms with Crippen LogP contribution >= 0.6 is 0 Å². The molecule has 0 nitrogen and oxygen atoms in total. The summed E-state index contributed by atoms with van der Waals surface area (Å²) in [5.41, 5.74) is 18.6. The van der Waals surface area contributed by atoms with Gasteiger partial charge in [-0.15, -0.1) is 0 Å². The van der Waals surface area contributed by atoms with Crippen molar-refractivity contribution in [3.63, 3.8) is 0 Å². The van der Waals surface area contributed by atoms with E-state index in [1.54, 1.807) is 0 Å². The predicted octanol–water partition coefficient (Wildman–Crippen LogP) is 17.2. The van der Waals surface area contributed by atoms with E-state index in [2.05, 4.69) is 211 Å². The zero-order valence-electron chi connectivity index (χ0n) is 36.2. The maximum atomic E-state index is 2.51. The fourth-order valence-corrected chi connectivity index (χ4v) is 12.0. The fourth-order valence-electron chi connectivity index (χ4n) is 12.0.